The molecule has 17 heavy (non-hydrogen) atoms. The largest absolute Gasteiger partial charge is 0.103 e. The van der Waals surface area contributed by atoms with E-state index in [1.54, 1.807) is 0 Å². The molecule has 0 bridgehead atoms. The molecule has 0 saturated heterocycles. The Morgan fingerprint density at radius 2 is 2.18 bits per heavy atom. The van der Waals surface area contributed by atoms with E-state index in [0.29, 0.717) is 0 Å². The third kappa shape index (κ3) is 2.88. The van der Waals surface area contributed by atoms with Crippen molar-refractivity contribution in [3.63, 3.8) is 0 Å². The molecule has 0 N–H and O–H groups in total. The number of fused-ring (bicyclic) bond motifs is 1. The van der Waals surface area contributed by atoms with Gasteiger partial charge >= 0.3 is 0 Å². The quantitative estimate of drug-likeness (QED) is 0.476. The van der Waals surface area contributed by atoms with Crippen LogP contribution in [0.25, 0.3) is 6.08 Å². The van der Waals surface area contributed by atoms with Crippen LogP contribution in [0.1, 0.15) is 49.3 Å². The lowest BCUT2D eigenvalue weighted by molar-refractivity contribution is 0.716. The third-order valence-corrected chi connectivity index (χ3v) is 3.51. The van der Waals surface area contributed by atoms with Crippen molar-refractivity contribution in [1.29, 1.82) is 0 Å². The standard InChI is InChI=1S/C17H22/c1-3-5-6-9-15-10-7-11-16-12-14(8-4-2)13-17(15)16/h4,7,10-11,13H,2-3,5-6,8-9,12H2,1H3. The van der Waals surface area contributed by atoms with Crippen molar-refractivity contribution >= 4 is 6.08 Å². The van der Waals surface area contributed by atoms with Gasteiger partial charge in [-0.3, -0.25) is 0 Å². The summed E-state index contributed by atoms with van der Waals surface area (Å²) in [5.41, 5.74) is 6.06. The van der Waals surface area contributed by atoms with Crippen molar-refractivity contribution in [1.82, 2.24) is 0 Å². The van der Waals surface area contributed by atoms with Gasteiger partial charge in [0.25, 0.3) is 0 Å². The number of rotatable bonds is 6. The van der Waals surface area contributed by atoms with E-state index >= 15 is 0 Å². The Bertz CT molecular complexity index is 424. The fourth-order valence-corrected chi connectivity index (χ4v) is 2.61. The summed E-state index contributed by atoms with van der Waals surface area (Å²) in [4.78, 5) is 0. The van der Waals surface area contributed by atoms with E-state index in [-0.39, 0.29) is 0 Å². The second kappa shape index (κ2) is 5.86. The molecule has 1 aliphatic carbocycles. The van der Waals surface area contributed by atoms with Crippen molar-refractivity contribution in [2.45, 2.75) is 45.4 Å². The molecule has 0 saturated carbocycles. The molecule has 1 aliphatic rings. The Hall–Kier alpha value is -1.30. The number of allylic oxidation sites excluding steroid dienone is 2. The summed E-state index contributed by atoms with van der Waals surface area (Å²) >= 11 is 0. The van der Waals surface area contributed by atoms with E-state index in [1.165, 1.54) is 47.9 Å². The van der Waals surface area contributed by atoms with Crippen LogP contribution in [0, 0.1) is 0 Å². The highest BCUT2D eigenvalue weighted by molar-refractivity contribution is 5.67. The van der Waals surface area contributed by atoms with Crippen molar-refractivity contribution in [3.05, 3.63) is 53.1 Å². The maximum Gasteiger partial charge on any atom is -0.00546 e. The molecule has 0 aliphatic heterocycles. The van der Waals surface area contributed by atoms with Gasteiger partial charge in [0.2, 0.25) is 0 Å². The minimum atomic E-state index is 1.03. The van der Waals surface area contributed by atoms with E-state index in [4.69, 9.17) is 0 Å². The first-order valence-electron chi connectivity index (χ1n) is 6.76. The predicted molar refractivity (Wildman–Crippen MR) is 76.2 cm³/mol. The van der Waals surface area contributed by atoms with Crippen LogP contribution in [0.5, 0.6) is 0 Å². The van der Waals surface area contributed by atoms with E-state index in [1.807, 2.05) is 6.08 Å². The van der Waals surface area contributed by atoms with Gasteiger partial charge in [-0.1, -0.05) is 55.7 Å². The van der Waals surface area contributed by atoms with Crippen LogP contribution in [0.3, 0.4) is 0 Å². The van der Waals surface area contributed by atoms with Gasteiger partial charge in [0.15, 0.2) is 0 Å². The van der Waals surface area contributed by atoms with Crippen LogP contribution in [0.15, 0.2) is 36.4 Å². The molecule has 1 aromatic carbocycles. The number of hydrogen-bond acceptors (Lipinski definition) is 0. The average Bonchev–Trinajstić information content (AvgIpc) is 2.73. The summed E-state index contributed by atoms with van der Waals surface area (Å²) in [6.07, 6.45) is 11.7. The lowest BCUT2D eigenvalue weighted by Crippen LogP contribution is -1.92. The maximum absolute atomic E-state index is 3.83. The third-order valence-electron chi connectivity index (χ3n) is 3.51. The number of aryl methyl sites for hydroxylation is 1. The summed E-state index contributed by atoms with van der Waals surface area (Å²) in [6.45, 7) is 6.09. The molecule has 0 aromatic heterocycles. The number of hydrogen-bond donors (Lipinski definition) is 0. The zero-order valence-electron chi connectivity index (χ0n) is 10.8. The molecule has 2 rings (SSSR count). The molecule has 0 amide bonds. The normalized spacial score (nSPS) is 13.4. The molecule has 0 nitrogen and oxygen atoms in total. The van der Waals surface area contributed by atoms with Gasteiger partial charge in [-0.05, 0) is 42.4 Å². The molecule has 1 aromatic rings. The Morgan fingerprint density at radius 3 is 2.94 bits per heavy atom. The lowest BCUT2D eigenvalue weighted by Gasteiger charge is -2.06. The highest BCUT2D eigenvalue weighted by Gasteiger charge is 2.14. The fourth-order valence-electron chi connectivity index (χ4n) is 2.61. The lowest BCUT2D eigenvalue weighted by atomic mass is 9.99. The predicted octanol–water partition coefficient (Wildman–Crippen LogP) is 4.93. The molecule has 0 radical (unpaired) electrons. The highest BCUT2D eigenvalue weighted by Crippen LogP contribution is 2.30. The van der Waals surface area contributed by atoms with E-state index in [2.05, 4.69) is 37.8 Å². The van der Waals surface area contributed by atoms with Crippen LogP contribution >= 0.6 is 0 Å². The van der Waals surface area contributed by atoms with Crippen molar-refractivity contribution in [2.24, 2.45) is 0 Å². The average molecular weight is 226 g/mol. The zero-order chi connectivity index (χ0) is 12.1. The molecule has 0 spiro atoms. The summed E-state index contributed by atoms with van der Waals surface area (Å²) in [7, 11) is 0. The Kier molecular flexibility index (Phi) is 4.19. The van der Waals surface area contributed by atoms with Crippen LogP contribution in [0.4, 0.5) is 0 Å². The van der Waals surface area contributed by atoms with Gasteiger partial charge < -0.3 is 0 Å². The number of unbranched alkanes of at least 4 members (excludes halogenated alkanes) is 2. The summed E-state index contributed by atoms with van der Waals surface area (Å²) in [5, 5.41) is 0. The molecular formula is C17H22. The van der Waals surface area contributed by atoms with Gasteiger partial charge in [0, 0.05) is 0 Å². The highest BCUT2D eigenvalue weighted by atomic mass is 14.2. The molecule has 0 heteroatoms. The van der Waals surface area contributed by atoms with E-state index in [9.17, 15) is 0 Å². The van der Waals surface area contributed by atoms with E-state index in [0.717, 1.165) is 12.8 Å². The van der Waals surface area contributed by atoms with Gasteiger partial charge in [-0.25, -0.2) is 0 Å². The van der Waals surface area contributed by atoms with Crippen molar-refractivity contribution < 1.29 is 0 Å². The first-order chi connectivity index (χ1) is 8.35. The molecule has 0 fully saturated rings. The smallest absolute Gasteiger partial charge is 0.00546 e. The summed E-state index contributed by atoms with van der Waals surface area (Å²) in [5.74, 6) is 0. The maximum atomic E-state index is 3.83. The van der Waals surface area contributed by atoms with E-state index < -0.39 is 0 Å². The van der Waals surface area contributed by atoms with Gasteiger partial charge in [-0.2, -0.15) is 0 Å². The second-order valence-electron chi connectivity index (χ2n) is 4.92. The molecule has 90 valence electrons. The first-order valence-corrected chi connectivity index (χ1v) is 6.76. The molecule has 0 heterocycles. The summed E-state index contributed by atoms with van der Waals surface area (Å²) in [6, 6.07) is 6.78. The molecule has 0 atom stereocenters. The molecular weight excluding hydrogens is 204 g/mol. The Morgan fingerprint density at radius 1 is 1.29 bits per heavy atom. The molecule has 0 unspecified atom stereocenters. The SMILES string of the molecule is C=CCC1=Cc2c(CCCCC)cccc2C1. The topological polar surface area (TPSA) is 0 Å². The number of benzene rings is 1. The fraction of sp³-hybridized carbons (Fsp3) is 0.412. The van der Waals surface area contributed by atoms with Gasteiger partial charge in [-0.15, -0.1) is 6.58 Å². The minimum absolute atomic E-state index is 1.03. The van der Waals surface area contributed by atoms with Crippen LogP contribution in [0.2, 0.25) is 0 Å². The van der Waals surface area contributed by atoms with Crippen LogP contribution in [-0.4, -0.2) is 0 Å². The van der Waals surface area contributed by atoms with Crippen molar-refractivity contribution in [3.8, 4) is 0 Å². The van der Waals surface area contributed by atoms with Gasteiger partial charge in [0.1, 0.15) is 0 Å². The minimum Gasteiger partial charge on any atom is -0.103 e. The van der Waals surface area contributed by atoms with Crippen LogP contribution < -0.4 is 0 Å². The Balaban J connectivity index is 2.13. The zero-order valence-corrected chi connectivity index (χ0v) is 10.8. The second-order valence-corrected chi connectivity index (χ2v) is 4.92. The monoisotopic (exact) mass is 226 g/mol. The van der Waals surface area contributed by atoms with Gasteiger partial charge in [0.05, 0.1) is 0 Å². The first kappa shape index (κ1) is 12.2. The van der Waals surface area contributed by atoms with Crippen LogP contribution in [-0.2, 0) is 12.8 Å². The van der Waals surface area contributed by atoms with Crippen molar-refractivity contribution in [2.75, 3.05) is 0 Å². The Labute approximate surface area is 105 Å². The summed E-state index contributed by atoms with van der Waals surface area (Å²) < 4.78 is 0.